The molecule has 2 rings (SSSR count). The number of carbonyl (C=O) groups excluding carboxylic acids is 1. The SMILES string of the molecule is NC(=O)OCCOc1cc(N)ccc1N1CCC(C(F)(F)F)CC1. The van der Waals surface area contributed by atoms with Crippen LogP contribution in [0.25, 0.3) is 0 Å². The third-order valence-electron chi connectivity index (χ3n) is 3.87. The molecule has 0 radical (unpaired) electrons. The van der Waals surface area contributed by atoms with Crippen molar-refractivity contribution in [2.24, 2.45) is 11.7 Å². The van der Waals surface area contributed by atoms with Gasteiger partial charge in [-0.2, -0.15) is 13.2 Å². The van der Waals surface area contributed by atoms with E-state index in [9.17, 15) is 18.0 Å². The number of alkyl halides is 3. The number of nitrogens with two attached hydrogens (primary N) is 2. The molecule has 1 amide bonds. The number of benzene rings is 1. The quantitative estimate of drug-likeness (QED) is 0.631. The highest BCUT2D eigenvalue weighted by atomic mass is 19.4. The minimum absolute atomic E-state index is 0.0281. The summed E-state index contributed by atoms with van der Waals surface area (Å²) < 4.78 is 48.4. The molecule has 4 N–H and O–H groups in total. The molecule has 1 aromatic carbocycles. The average molecular weight is 347 g/mol. The van der Waals surface area contributed by atoms with Crippen LogP contribution in [0.2, 0.25) is 0 Å². The van der Waals surface area contributed by atoms with Crippen LogP contribution < -0.4 is 21.1 Å². The zero-order valence-corrected chi connectivity index (χ0v) is 13.0. The Balaban J connectivity index is 2.01. The zero-order valence-electron chi connectivity index (χ0n) is 13.0. The van der Waals surface area contributed by atoms with E-state index >= 15 is 0 Å². The molecule has 1 aromatic rings. The Morgan fingerprint density at radius 1 is 1.25 bits per heavy atom. The van der Waals surface area contributed by atoms with E-state index in [-0.39, 0.29) is 39.1 Å². The van der Waals surface area contributed by atoms with Crippen molar-refractivity contribution in [2.45, 2.75) is 19.0 Å². The molecule has 1 aliphatic rings. The Morgan fingerprint density at radius 3 is 2.50 bits per heavy atom. The Morgan fingerprint density at radius 2 is 1.92 bits per heavy atom. The second-order valence-corrected chi connectivity index (χ2v) is 5.55. The van der Waals surface area contributed by atoms with E-state index in [1.54, 1.807) is 18.2 Å². The number of nitrogens with zero attached hydrogens (tertiary/aromatic N) is 1. The fraction of sp³-hybridized carbons (Fsp3) is 0.533. The Bertz CT molecular complexity index is 573. The average Bonchev–Trinajstić information content (AvgIpc) is 2.51. The molecule has 0 atom stereocenters. The summed E-state index contributed by atoms with van der Waals surface area (Å²) in [6.45, 7) is 0.600. The first-order valence-electron chi connectivity index (χ1n) is 7.53. The van der Waals surface area contributed by atoms with Gasteiger partial charge in [0.05, 0.1) is 11.6 Å². The van der Waals surface area contributed by atoms with Crippen molar-refractivity contribution in [1.82, 2.24) is 0 Å². The maximum atomic E-state index is 12.8. The lowest BCUT2D eigenvalue weighted by Crippen LogP contribution is -2.39. The van der Waals surface area contributed by atoms with E-state index in [2.05, 4.69) is 4.74 Å². The molecule has 1 saturated heterocycles. The molecular weight excluding hydrogens is 327 g/mol. The van der Waals surface area contributed by atoms with E-state index < -0.39 is 18.2 Å². The van der Waals surface area contributed by atoms with Crippen LogP contribution in [0.4, 0.5) is 29.3 Å². The van der Waals surface area contributed by atoms with E-state index in [1.165, 1.54) is 0 Å². The molecule has 0 spiro atoms. The van der Waals surface area contributed by atoms with Gasteiger partial charge in [-0.15, -0.1) is 0 Å². The zero-order chi connectivity index (χ0) is 17.7. The molecule has 0 saturated carbocycles. The maximum absolute atomic E-state index is 12.8. The summed E-state index contributed by atoms with van der Waals surface area (Å²) in [5, 5.41) is 0. The normalized spacial score (nSPS) is 16.0. The summed E-state index contributed by atoms with van der Waals surface area (Å²) in [4.78, 5) is 12.4. The van der Waals surface area contributed by atoms with Gasteiger partial charge in [0.25, 0.3) is 0 Å². The van der Waals surface area contributed by atoms with Gasteiger partial charge < -0.3 is 25.8 Å². The molecule has 24 heavy (non-hydrogen) atoms. The van der Waals surface area contributed by atoms with Crippen LogP contribution >= 0.6 is 0 Å². The molecule has 0 bridgehead atoms. The first-order valence-corrected chi connectivity index (χ1v) is 7.53. The number of carbonyl (C=O) groups is 1. The van der Waals surface area contributed by atoms with Gasteiger partial charge in [0, 0.05) is 24.8 Å². The fourth-order valence-corrected chi connectivity index (χ4v) is 2.65. The minimum Gasteiger partial charge on any atom is -0.488 e. The van der Waals surface area contributed by atoms with Crippen LogP contribution in [0, 0.1) is 5.92 Å². The van der Waals surface area contributed by atoms with Crippen molar-refractivity contribution in [3.8, 4) is 5.75 Å². The van der Waals surface area contributed by atoms with Crippen LogP contribution in [0.1, 0.15) is 12.8 Å². The Labute approximate surface area is 137 Å². The molecule has 1 fully saturated rings. The summed E-state index contributed by atoms with van der Waals surface area (Å²) in [6.07, 6.45) is -4.98. The number of hydrogen-bond acceptors (Lipinski definition) is 5. The molecule has 6 nitrogen and oxygen atoms in total. The Hall–Kier alpha value is -2.32. The Kier molecular flexibility index (Phi) is 5.63. The summed E-state index contributed by atoms with van der Waals surface area (Å²) in [6, 6.07) is 4.97. The van der Waals surface area contributed by atoms with E-state index in [0.717, 1.165) is 0 Å². The van der Waals surface area contributed by atoms with Crippen LogP contribution in [0.3, 0.4) is 0 Å². The number of ether oxygens (including phenoxy) is 2. The third-order valence-corrected chi connectivity index (χ3v) is 3.87. The van der Waals surface area contributed by atoms with Crippen molar-refractivity contribution in [2.75, 3.05) is 36.9 Å². The van der Waals surface area contributed by atoms with Gasteiger partial charge >= 0.3 is 12.3 Å². The lowest BCUT2D eigenvalue weighted by Gasteiger charge is -2.35. The van der Waals surface area contributed by atoms with E-state index in [1.807, 2.05) is 4.90 Å². The second-order valence-electron chi connectivity index (χ2n) is 5.55. The summed E-state index contributed by atoms with van der Waals surface area (Å²) in [7, 11) is 0. The van der Waals surface area contributed by atoms with Gasteiger partial charge in [0.2, 0.25) is 0 Å². The predicted molar refractivity (Wildman–Crippen MR) is 82.9 cm³/mol. The minimum atomic E-state index is -4.15. The molecule has 1 heterocycles. The number of piperidine rings is 1. The molecule has 0 aromatic heterocycles. The highest BCUT2D eigenvalue weighted by Crippen LogP contribution is 2.38. The maximum Gasteiger partial charge on any atom is 0.404 e. The van der Waals surface area contributed by atoms with Crippen LogP contribution in [0.5, 0.6) is 5.75 Å². The van der Waals surface area contributed by atoms with Gasteiger partial charge in [-0.1, -0.05) is 0 Å². The lowest BCUT2D eigenvalue weighted by atomic mass is 9.96. The smallest absolute Gasteiger partial charge is 0.404 e. The monoisotopic (exact) mass is 347 g/mol. The third kappa shape index (κ3) is 4.84. The standard InChI is InChI=1S/C15H20F3N3O3/c16-15(17,18)10-3-5-21(6-4-10)12-2-1-11(19)9-13(12)23-7-8-24-14(20)22/h1-2,9-10H,3-8,19H2,(H2,20,22). The van der Waals surface area contributed by atoms with Crippen molar-refractivity contribution in [3.05, 3.63) is 18.2 Å². The van der Waals surface area contributed by atoms with Gasteiger partial charge in [-0.25, -0.2) is 4.79 Å². The number of hydrogen-bond donors (Lipinski definition) is 2. The second kappa shape index (κ2) is 7.50. The fourth-order valence-electron chi connectivity index (χ4n) is 2.65. The number of nitrogen functional groups attached to an aromatic ring is 1. The molecular formula is C15H20F3N3O3. The molecule has 0 unspecified atom stereocenters. The summed E-state index contributed by atoms with van der Waals surface area (Å²) in [5.74, 6) is -0.829. The molecule has 1 aliphatic heterocycles. The lowest BCUT2D eigenvalue weighted by molar-refractivity contribution is -0.179. The molecule has 0 aliphatic carbocycles. The number of amides is 1. The van der Waals surface area contributed by atoms with Gasteiger partial charge in [0.1, 0.15) is 19.0 Å². The van der Waals surface area contributed by atoms with Crippen LogP contribution in [-0.2, 0) is 4.74 Å². The summed E-state index contributed by atoms with van der Waals surface area (Å²) >= 11 is 0. The van der Waals surface area contributed by atoms with Gasteiger partial charge in [-0.3, -0.25) is 0 Å². The van der Waals surface area contributed by atoms with Crippen LogP contribution in [-0.4, -0.2) is 38.6 Å². The first-order chi connectivity index (χ1) is 11.3. The number of primary amides is 1. The summed E-state index contributed by atoms with van der Waals surface area (Å²) in [5.41, 5.74) is 11.7. The van der Waals surface area contributed by atoms with Gasteiger partial charge in [-0.05, 0) is 25.0 Å². The highest BCUT2D eigenvalue weighted by molar-refractivity contribution is 5.65. The number of rotatable bonds is 5. The van der Waals surface area contributed by atoms with Crippen molar-refractivity contribution >= 4 is 17.5 Å². The first kappa shape index (κ1) is 18.0. The number of anilines is 2. The predicted octanol–water partition coefficient (Wildman–Crippen LogP) is 2.52. The van der Waals surface area contributed by atoms with E-state index in [0.29, 0.717) is 17.1 Å². The van der Waals surface area contributed by atoms with Gasteiger partial charge in [0.15, 0.2) is 0 Å². The van der Waals surface area contributed by atoms with Crippen molar-refractivity contribution < 1.29 is 27.4 Å². The van der Waals surface area contributed by atoms with Crippen LogP contribution in [0.15, 0.2) is 18.2 Å². The largest absolute Gasteiger partial charge is 0.488 e. The molecule has 9 heteroatoms. The van der Waals surface area contributed by atoms with E-state index in [4.69, 9.17) is 16.2 Å². The topological polar surface area (TPSA) is 90.8 Å². The van der Waals surface area contributed by atoms with Crippen molar-refractivity contribution in [3.63, 3.8) is 0 Å². The molecule has 134 valence electrons. The number of halogens is 3. The van der Waals surface area contributed by atoms with Crippen molar-refractivity contribution in [1.29, 1.82) is 0 Å². The highest BCUT2D eigenvalue weighted by Gasteiger charge is 2.41.